The second-order valence-electron chi connectivity index (χ2n) is 4.57. The van der Waals surface area contributed by atoms with E-state index in [1.165, 1.54) is 11.7 Å². The van der Waals surface area contributed by atoms with Crippen molar-refractivity contribution in [2.24, 2.45) is 0 Å². The van der Waals surface area contributed by atoms with Crippen LogP contribution in [0.5, 0.6) is 5.75 Å². The zero-order valence-corrected chi connectivity index (χ0v) is 14.0. The molecule has 10 heteroatoms. The number of methoxy groups -OCH3 is 2. The highest BCUT2D eigenvalue weighted by molar-refractivity contribution is 7.99. The molecule has 1 heterocycles. The molecule has 0 saturated heterocycles. The lowest BCUT2D eigenvalue weighted by molar-refractivity contribution is -0.137. The van der Waals surface area contributed by atoms with Gasteiger partial charge >= 0.3 is 5.97 Å². The van der Waals surface area contributed by atoms with Crippen LogP contribution in [0.25, 0.3) is 0 Å². The Balaban J connectivity index is 2.00. The van der Waals surface area contributed by atoms with Crippen molar-refractivity contribution in [1.29, 1.82) is 0 Å². The molecule has 0 radical (unpaired) electrons. The van der Waals surface area contributed by atoms with E-state index in [-0.39, 0.29) is 24.2 Å². The zero-order chi connectivity index (χ0) is 17.5. The quantitative estimate of drug-likeness (QED) is 0.554. The molecule has 1 aromatic heterocycles. The summed E-state index contributed by atoms with van der Waals surface area (Å²) in [7, 11) is 2.86. The van der Waals surface area contributed by atoms with Crippen molar-refractivity contribution in [2.45, 2.75) is 11.7 Å². The van der Waals surface area contributed by atoms with Crippen molar-refractivity contribution in [2.75, 3.05) is 31.0 Å². The Labute approximate surface area is 142 Å². The minimum Gasteiger partial charge on any atom is -0.497 e. The average Bonchev–Trinajstić information content (AvgIpc) is 2.93. The molecule has 0 aliphatic carbocycles. The van der Waals surface area contributed by atoms with Gasteiger partial charge in [0.05, 0.1) is 20.0 Å². The molecule has 9 nitrogen and oxygen atoms in total. The first kappa shape index (κ1) is 17.6. The summed E-state index contributed by atoms with van der Waals surface area (Å²) in [5.41, 5.74) is 6.34. The number of benzene rings is 1. The normalized spacial score (nSPS) is 10.2. The minimum absolute atomic E-state index is 0.0503. The standard InChI is InChI=1S/C14H17N5O4S/c1-22-10-5-3-9(4-6-10)16-11(20)7-19-13(15)17-18-14(19)24-8-12(21)23-2/h3-6H,7-8H2,1-2H3,(H2,15,17)(H,16,20). The molecule has 2 rings (SSSR count). The van der Waals surface area contributed by atoms with E-state index >= 15 is 0 Å². The highest BCUT2D eigenvalue weighted by Crippen LogP contribution is 2.19. The fraction of sp³-hybridized carbons (Fsp3) is 0.286. The Hall–Kier alpha value is -2.75. The monoisotopic (exact) mass is 351 g/mol. The van der Waals surface area contributed by atoms with Crippen molar-refractivity contribution in [3.8, 4) is 5.75 Å². The topological polar surface area (TPSA) is 121 Å². The van der Waals surface area contributed by atoms with E-state index in [2.05, 4.69) is 20.3 Å². The summed E-state index contributed by atoms with van der Waals surface area (Å²) in [5.74, 6) is 0.126. The van der Waals surface area contributed by atoms with Gasteiger partial charge in [0.2, 0.25) is 11.9 Å². The summed E-state index contributed by atoms with van der Waals surface area (Å²) in [4.78, 5) is 23.4. The van der Waals surface area contributed by atoms with Gasteiger partial charge in [-0.3, -0.25) is 14.2 Å². The Morgan fingerprint density at radius 1 is 1.25 bits per heavy atom. The SMILES string of the molecule is COC(=O)CSc1nnc(N)n1CC(=O)Nc1ccc(OC)cc1. The highest BCUT2D eigenvalue weighted by Gasteiger charge is 2.15. The molecule has 24 heavy (non-hydrogen) atoms. The van der Waals surface area contributed by atoms with Crippen LogP contribution in [0.2, 0.25) is 0 Å². The van der Waals surface area contributed by atoms with Crippen LogP contribution in [0.15, 0.2) is 29.4 Å². The molecule has 0 fully saturated rings. The first-order chi connectivity index (χ1) is 11.5. The fourth-order valence-electron chi connectivity index (χ4n) is 1.76. The first-order valence-electron chi connectivity index (χ1n) is 6.85. The lowest BCUT2D eigenvalue weighted by Crippen LogP contribution is -2.20. The van der Waals surface area contributed by atoms with Crippen molar-refractivity contribution < 1.29 is 19.1 Å². The van der Waals surface area contributed by atoms with E-state index in [4.69, 9.17) is 10.5 Å². The zero-order valence-electron chi connectivity index (χ0n) is 13.2. The van der Waals surface area contributed by atoms with Crippen LogP contribution in [-0.2, 0) is 20.9 Å². The van der Waals surface area contributed by atoms with E-state index in [0.717, 1.165) is 11.8 Å². The van der Waals surface area contributed by atoms with Gasteiger partial charge in [0.15, 0.2) is 5.16 Å². The third-order valence-corrected chi connectivity index (χ3v) is 3.91. The van der Waals surface area contributed by atoms with Gasteiger partial charge < -0.3 is 20.5 Å². The molecule has 0 bridgehead atoms. The van der Waals surface area contributed by atoms with Crippen molar-refractivity contribution in [1.82, 2.24) is 14.8 Å². The molecule has 0 saturated carbocycles. The summed E-state index contributed by atoms with van der Waals surface area (Å²) in [6, 6.07) is 6.92. The van der Waals surface area contributed by atoms with Gasteiger partial charge in [-0.25, -0.2) is 0 Å². The Bertz CT molecular complexity index is 716. The fourth-order valence-corrected chi connectivity index (χ4v) is 2.53. The van der Waals surface area contributed by atoms with Gasteiger partial charge in [-0.15, -0.1) is 10.2 Å². The van der Waals surface area contributed by atoms with E-state index < -0.39 is 5.97 Å². The van der Waals surface area contributed by atoms with Gasteiger partial charge in [0.1, 0.15) is 12.3 Å². The predicted molar refractivity (Wildman–Crippen MR) is 88.8 cm³/mol. The van der Waals surface area contributed by atoms with E-state index in [1.807, 2.05) is 0 Å². The summed E-state index contributed by atoms with van der Waals surface area (Å²) in [6.07, 6.45) is 0. The lowest BCUT2D eigenvalue weighted by Gasteiger charge is -2.09. The van der Waals surface area contributed by atoms with Crippen LogP contribution >= 0.6 is 11.8 Å². The van der Waals surface area contributed by atoms with Crippen LogP contribution in [0.4, 0.5) is 11.6 Å². The van der Waals surface area contributed by atoms with Crippen molar-refractivity contribution in [3.05, 3.63) is 24.3 Å². The second-order valence-corrected chi connectivity index (χ2v) is 5.51. The Kier molecular flexibility index (Phi) is 6.01. The number of amides is 1. The molecule has 0 aliphatic heterocycles. The van der Waals surface area contributed by atoms with Crippen LogP contribution in [-0.4, -0.2) is 46.6 Å². The molecule has 2 aromatic rings. The smallest absolute Gasteiger partial charge is 0.316 e. The highest BCUT2D eigenvalue weighted by atomic mass is 32.2. The van der Waals surface area contributed by atoms with Gasteiger partial charge in [-0.05, 0) is 24.3 Å². The number of nitrogens with one attached hydrogen (secondary N) is 1. The van der Waals surface area contributed by atoms with Crippen LogP contribution < -0.4 is 15.8 Å². The number of rotatable bonds is 7. The summed E-state index contributed by atoms with van der Waals surface area (Å²) in [5, 5.41) is 10.7. The van der Waals surface area contributed by atoms with E-state index in [1.54, 1.807) is 31.4 Å². The number of nitrogen functional groups attached to an aromatic ring is 1. The van der Waals surface area contributed by atoms with E-state index in [9.17, 15) is 9.59 Å². The number of thioether (sulfide) groups is 1. The first-order valence-corrected chi connectivity index (χ1v) is 7.84. The Morgan fingerprint density at radius 2 is 1.96 bits per heavy atom. The van der Waals surface area contributed by atoms with Gasteiger partial charge in [-0.2, -0.15) is 0 Å². The number of hydrogen-bond donors (Lipinski definition) is 2. The maximum Gasteiger partial charge on any atom is 0.316 e. The third-order valence-electron chi connectivity index (χ3n) is 2.97. The maximum absolute atomic E-state index is 12.2. The largest absolute Gasteiger partial charge is 0.497 e. The van der Waals surface area contributed by atoms with Crippen molar-refractivity contribution in [3.63, 3.8) is 0 Å². The number of carbonyl (C=O) groups is 2. The number of ether oxygens (including phenoxy) is 2. The molecule has 0 atom stereocenters. The lowest BCUT2D eigenvalue weighted by atomic mass is 10.3. The number of aromatic nitrogens is 3. The number of carbonyl (C=O) groups excluding carboxylic acids is 2. The molecule has 0 spiro atoms. The third kappa shape index (κ3) is 4.62. The molecule has 0 unspecified atom stereocenters. The molecule has 1 amide bonds. The summed E-state index contributed by atoms with van der Waals surface area (Å²) >= 11 is 1.09. The van der Waals surface area contributed by atoms with Gasteiger partial charge in [0.25, 0.3) is 0 Å². The second kappa shape index (κ2) is 8.20. The number of hydrogen-bond acceptors (Lipinski definition) is 8. The molecular formula is C14H17N5O4S. The van der Waals surface area contributed by atoms with Crippen molar-refractivity contribution >= 4 is 35.3 Å². The Morgan fingerprint density at radius 3 is 2.58 bits per heavy atom. The van der Waals surface area contributed by atoms with E-state index in [0.29, 0.717) is 16.6 Å². The van der Waals surface area contributed by atoms with Gasteiger partial charge in [-0.1, -0.05) is 11.8 Å². The van der Waals surface area contributed by atoms with Crippen LogP contribution in [0.1, 0.15) is 0 Å². The molecule has 128 valence electrons. The number of nitrogens with two attached hydrogens (primary N) is 1. The molecule has 1 aromatic carbocycles. The summed E-state index contributed by atoms with van der Waals surface area (Å²) in [6.45, 7) is -0.0750. The predicted octanol–water partition coefficient (Wildman–Crippen LogP) is 0.773. The summed E-state index contributed by atoms with van der Waals surface area (Å²) < 4.78 is 11.0. The number of nitrogens with zero attached hydrogens (tertiary/aromatic N) is 3. The maximum atomic E-state index is 12.2. The minimum atomic E-state index is -0.407. The van der Waals surface area contributed by atoms with Crippen LogP contribution in [0, 0.1) is 0 Å². The number of esters is 1. The molecule has 3 N–H and O–H groups in total. The van der Waals surface area contributed by atoms with Gasteiger partial charge in [0, 0.05) is 5.69 Å². The average molecular weight is 351 g/mol. The van der Waals surface area contributed by atoms with Crippen LogP contribution in [0.3, 0.4) is 0 Å². The molecular weight excluding hydrogens is 334 g/mol. The molecule has 0 aliphatic rings. The number of anilines is 2.